The number of ether oxygens (including phenoxy) is 1. The Morgan fingerprint density at radius 1 is 1.33 bits per heavy atom. The number of rotatable bonds is 5. The van der Waals surface area contributed by atoms with Crippen LogP contribution in [0.25, 0.3) is 0 Å². The Morgan fingerprint density at radius 3 is 2.67 bits per heavy atom. The molecule has 1 aromatic carbocycles. The summed E-state index contributed by atoms with van der Waals surface area (Å²) in [6.45, 7) is 7.37. The summed E-state index contributed by atoms with van der Waals surface area (Å²) in [7, 11) is 1.73. The highest BCUT2D eigenvalue weighted by molar-refractivity contribution is 5.95. The second-order valence-electron chi connectivity index (χ2n) is 6.18. The Kier molecular flexibility index (Phi) is 5.37. The molecule has 0 spiro atoms. The number of carbonyl (C=O) groups excluding carboxylic acids is 1. The highest BCUT2D eigenvalue weighted by Crippen LogP contribution is 2.28. The summed E-state index contributed by atoms with van der Waals surface area (Å²) in [4.78, 5) is 12.4. The molecule has 2 rings (SSSR count). The van der Waals surface area contributed by atoms with Crippen molar-refractivity contribution in [1.29, 1.82) is 0 Å². The van der Waals surface area contributed by atoms with Crippen molar-refractivity contribution >= 4 is 5.91 Å². The normalized spacial score (nSPS) is 17.5. The molecule has 21 heavy (non-hydrogen) atoms. The molecule has 0 aliphatic carbocycles. The summed E-state index contributed by atoms with van der Waals surface area (Å²) >= 11 is 0. The van der Waals surface area contributed by atoms with Crippen LogP contribution in [-0.4, -0.2) is 39.3 Å². The van der Waals surface area contributed by atoms with Gasteiger partial charge in [0.15, 0.2) is 0 Å². The minimum Gasteiger partial charge on any atom is -0.384 e. The quantitative estimate of drug-likeness (QED) is 0.872. The molecule has 1 aliphatic heterocycles. The molecule has 0 atom stereocenters. The number of hydrogen-bond acceptors (Lipinski definition) is 3. The minimum absolute atomic E-state index is 0.0153. The minimum atomic E-state index is 0.0153. The molecule has 0 unspecified atom stereocenters. The second kappa shape index (κ2) is 7.05. The number of piperidine rings is 1. The fourth-order valence-electron chi connectivity index (χ4n) is 3.07. The predicted octanol–water partition coefficient (Wildman–Crippen LogP) is 2.05. The third-order valence-corrected chi connectivity index (χ3v) is 4.37. The summed E-state index contributed by atoms with van der Waals surface area (Å²) in [5, 5.41) is 6.47. The first kappa shape index (κ1) is 16.0. The largest absolute Gasteiger partial charge is 0.384 e. The Labute approximate surface area is 127 Å². The maximum Gasteiger partial charge on any atom is 0.251 e. The highest BCUT2D eigenvalue weighted by atomic mass is 16.5. The molecule has 4 nitrogen and oxygen atoms in total. The Bertz CT molecular complexity index is 488. The second-order valence-corrected chi connectivity index (χ2v) is 6.18. The van der Waals surface area contributed by atoms with Gasteiger partial charge in [-0.1, -0.05) is 17.7 Å². The third-order valence-electron chi connectivity index (χ3n) is 4.37. The van der Waals surface area contributed by atoms with Crippen LogP contribution in [0.5, 0.6) is 0 Å². The van der Waals surface area contributed by atoms with Gasteiger partial charge in [-0.05, 0) is 51.4 Å². The highest BCUT2D eigenvalue weighted by Gasteiger charge is 2.32. The lowest BCUT2D eigenvalue weighted by atomic mass is 9.79. The first-order chi connectivity index (χ1) is 10.1. The predicted molar refractivity (Wildman–Crippen MR) is 84.7 cm³/mol. The van der Waals surface area contributed by atoms with Crippen LogP contribution in [0.1, 0.15) is 34.3 Å². The van der Waals surface area contributed by atoms with Crippen molar-refractivity contribution in [2.75, 3.05) is 33.4 Å². The monoisotopic (exact) mass is 290 g/mol. The molecule has 1 heterocycles. The smallest absolute Gasteiger partial charge is 0.251 e. The molecule has 0 aromatic heterocycles. The van der Waals surface area contributed by atoms with Crippen molar-refractivity contribution in [3.05, 3.63) is 34.9 Å². The molecule has 1 aromatic rings. The average molecular weight is 290 g/mol. The van der Waals surface area contributed by atoms with E-state index in [1.54, 1.807) is 7.11 Å². The molecule has 0 saturated carbocycles. The van der Waals surface area contributed by atoms with Crippen molar-refractivity contribution in [3.8, 4) is 0 Å². The van der Waals surface area contributed by atoms with Gasteiger partial charge in [-0.2, -0.15) is 0 Å². The van der Waals surface area contributed by atoms with Gasteiger partial charge in [0, 0.05) is 24.6 Å². The lowest BCUT2D eigenvalue weighted by Crippen LogP contribution is -2.47. The van der Waals surface area contributed by atoms with Crippen molar-refractivity contribution < 1.29 is 9.53 Å². The lowest BCUT2D eigenvalue weighted by molar-refractivity contribution is 0.0511. The SMILES string of the molecule is COCC1(CNC(=O)c2ccc(C)cc2C)CCNCC1. The van der Waals surface area contributed by atoms with E-state index < -0.39 is 0 Å². The van der Waals surface area contributed by atoms with Crippen LogP contribution in [0.3, 0.4) is 0 Å². The van der Waals surface area contributed by atoms with Crippen LogP contribution in [0.15, 0.2) is 18.2 Å². The van der Waals surface area contributed by atoms with Crippen molar-refractivity contribution in [2.24, 2.45) is 5.41 Å². The van der Waals surface area contributed by atoms with Crippen LogP contribution in [-0.2, 0) is 4.74 Å². The maximum atomic E-state index is 12.4. The van der Waals surface area contributed by atoms with E-state index in [-0.39, 0.29) is 11.3 Å². The van der Waals surface area contributed by atoms with Gasteiger partial charge in [-0.15, -0.1) is 0 Å². The zero-order valence-electron chi connectivity index (χ0n) is 13.3. The topological polar surface area (TPSA) is 50.4 Å². The van der Waals surface area contributed by atoms with Gasteiger partial charge >= 0.3 is 0 Å². The van der Waals surface area contributed by atoms with E-state index in [4.69, 9.17) is 4.74 Å². The van der Waals surface area contributed by atoms with Crippen molar-refractivity contribution in [3.63, 3.8) is 0 Å². The molecule has 2 N–H and O–H groups in total. The molecular formula is C17H26N2O2. The standard InChI is InChI=1S/C17H26N2O2/c1-13-4-5-15(14(2)10-13)16(20)19-11-17(12-21-3)6-8-18-9-7-17/h4-5,10,18H,6-9,11-12H2,1-3H3,(H,19,20). The fraction of sp³-hybridized carbons (Fsp3) is 0.588. The van der Waals surface area contributed by atoms with Gasteiger partial charge in [0.25, 0.3) is 5.91 Å². The number of aryl methyl sites for hydroxylation is 2. The van der Waals surface area contributed by atoms with Gasteiger partial charge < -0.3 is 15.4 Å². The maximum absolute atomic E-state index is 12.4. The molecule has 1 saturated heterocycles. The van der Waals surface area contributed by atoms with Crippen LogP contribution >= 0.6 is 0 Å². The fourth-order valence-corrected chi connectivity index (χ4v) is 3.07. The Morgan fingerprint density at radius 2 is 2.05 bits per heavy atom. The van der Waals surface area contributed by atoms with Crippen LogP contribution in [0, 0.1) is 19.3 Å². The van der Waals surface area contributed by atoms with E-state index in [0.29, 0.717) is 13.2 Å². The van der Waals surface area contributed by atoms with Gasteiger partial charge in [0.1, 0.15) is 0 Å². The average Bonchev–Trinajstić information content (AvgIpc) is 2.46. The summed E-state index contributed by atoms with van der Waals surface area (Å²) in [5.74, 6) is 0.0153. The van der Waals surface area contributed by atoms with Crippen LogP contribution in [0.2, 0.25) is 0 Å². The van der Waals surface area contributed by atoms with Crippen LogP contribution in [0.4, 0.5) is 0 Å². The van der Waals surface area contributed by atoms with E-state index in [1.165, 1.54) is 5.56 Å². The number of hydrogen-bond donors (Lipinski definition) is 2. The zero-order valence-corrected chi connectivity index (χ0v) is 13.3. The summed E-state index contributed by atoms with van der Waals surface area (Å²) in [6, 6.07) is 5.94. The number of methoxy groups -OCH3 is 1. The summed E-state index contributed by atoms with van der Waals surface area (Å²) < 4.78 is 5.38. The zero-order chi connectivity index (χ0) is 15.3. The van der Waals surface area contributed by atoms with E-state index in [1.807, 2.05) is 32.0 Å². The van der Waals surface area contributed by atoms with Gasteiger partial charge in [0.2, 0.25) is 0 Å². The summed E-state index contributed by atoms with van der Waals surface area (Å²) in [5.41, 5.74) is 3.04. The van der Waals surface area contributed by atoms with Crippen LogP contribution < -0.4 is 10.6 Å². The Hall–Kier alpha value is -1.39. The number of benzene rings is 1. The van der Waals surface area contributed by atoms with Gasteiger partial charge in [-0.3, -0.25) is 4.79 Å². The van der Waals surface area contributed by atoms with Gasteiger partial charge in [0.05, 0.1) is 6.61 Å². The molecule has 116 valence electrons. The first-order valence-electron chi connectivity index (χ1n) is 7.61. The van der Waals surface area contributed by atoms with E-state index >= 15 is 0 Å². The molecule has 1 aliphatic rings. The van der Waals surface area contributed by atoms with Gasteiger partial charge in [-0.25, -0.2) is 0 Å². The third kappa shape index (κ3) is 4.05. The molecular weight excluding hydrogens is 264 g/mol. The van der Waals surface area contributed by atoms with E-state index in [2.05, 4.69) is 10.6 Å². The van der Waals surface area contributed by atoms with E-state index in [9.17, 15) is 4.79 Å². The number of nitrogens with one attached hydrogen (secondary N) is 2. The van der Waals surface area contributed by atoms with E-state index in [0.717, 1.165) is 37.1 Å². The first-order valence-corrected chi connectivity index (χ1v) is 7.61. The van der Waals surface area contributed by atoms with Crippen molar-refractivity contribution in [2.45, 2.75) is 26.7 Å². The number of amides is 1. The molecule has 0 bridgehead atoms. The molecule has 1 fully saturated rings. The lowest BCUT2D eigenvalue weighted by Gasteiger charge is -2.37. The molecule has 1 amide bonds. The number of carbonyl (C=O) groups is 1. The van der Waals surface area contributed by atoms with Crippen molar-refractivity contribution in [1.82, 2.24) is 10.6 Å². The summed E-state index contributed by atoms with van der Waals surface area (Å²) in [6.07, 6.45) is 2.07. The molecule has 4 heteroatoms. The molecule has 0 radical (unpaired) electrons. The Balaban J connectivity index is 2.01.